The highest BCUT2D eigenvalue weighted by Gasteiger charge is 2.25. The van der Waals surface area contributed by atoms with Crippen LogP contribution >= 0.6 is 27.3 Å². The van der Waals surface area contributed by atoms with E-state index in [1.54, 1.807) is 35.6 Å². The van der Waals surface area contributed by atoms with Crippen LogP contribution in [0, 0.1) is 0 Å². The van der Waals surface area contributed by atoms with Crippen LogP contribution in [-0.4, -0.2) is 33.0 Å². The lowest BCUT2D eigenvalue weighted by molar-refractivity contribution is 0.247. The summed E-state index contributed by atoms with van der Waals surface area (Å²) >= 11 is 4.97. The van der Waals surface area contributed by atoms with Gasteiger partial charge in [-0.1, -0.05) is 15.9 Å². The molecule has 2 heterocycles. The molecule has 1 aromatic carbocycles. The number of sulfonamides is 1. The molecule has 0 saturated carbocycles. The fourth-order valence-electron chi connectivity index (χ4n) is 2.86. The van der Waals surface area contributed by atoms with Crippen molar-refractivity contribution in [2.75, 3.05) is 19.6 Å². The average Bonchev–Trinajstić information content (AvgIpc) is 3.21. The molecule has 0 spiro atoms. The third-order valence-corrected chi connectivity index (χ3v) is 6.77. The summed E-state index contributed by atoms with van der Waals surface area (Å²) in [6, 6.07) is 8.90. The molecule has 4 nitrogen and oxygen atoms in total. The summed E-state index contributed by atoms with van der Waals surface area (Å²) in [5.74, 6) is 0. The van der Waals surface area contributed by atoms with Crippen LogP contribution in [0.4, 0.5) is 0 Å². The van der Waals surface area contributed by atoms with Crippen molar-refractivity contribution in [3.8, 4) is 0 Å². The molecule has 0 radical (unpaired) electrons. The lowest BCUT2D eigenvalue weighted by atomic mass is 10.1. The number of hydrogen-bond donors (Lipinski definition) is 1. The van der Waals surface area contributed by atoms with E-state index in [2.05, 4.69) is 37.0 Å². The predicted octanol–water partition coefficient (Wildman–Crippen LogP) is 3.63. The Morgan fingerprint density at radius 3 is 2.48 bits per heavy atom. The Kier molecular flexibility index (Phi) is 5.53. The van der Waals surface area contributed by atoms with Gasteiger partial charge in [0.25, 0.3) is 0 Å². The lowest BCUT2D eigenvalue weighted by Gasteiger charge is -2.27. The molecular weight excluding hydrogens is 396 g/mol. The molecular formula is C16H19BrN2O2S2. The Morgan fingerprint density at radius 2 is 1.87 bits per heavy atom. The van der Waals surface area contributed by atoms with Gasteiger partial charge in [-0.05, 0) is 72.6 Å². The van der Waals surface area contributed by atoms with Gasteiger partial charge in [0, 0.05) is 17.1 Å². The predicted molar refractivity (Wildman–Crippen MR) is 97.2 cm³/mol. The summed E-state index contributed by atoms with van der Waals surface area (Å²) in [6.07, 6.45) is 2.36. The molecule has 1 saturated heterocycles. The molecule has 124 valence electrons. The zero-order valence-electron chi connectivity index (χ0n) is 12.6. The van der Waals surface area contributed by atoms with E-state index in [4.69, 9.17) is 0 Å². The van der Waals surface area contributed by atoms with Crippen molar-refractivity contribution in [2.24, 2.45) is 0 Å². The van der Waals surface area contributed by atoms with E-state index in [0.29, 0.717) is 11.4 Å². The van der Waals surface area contributed by atoms with Crippen molar-refractivity contribution in [3.05, 3.63) is 51.1 Å². The summed E-state index contributed by atoms with van der Waals surface area (Å²) in [5, 5.41) is 4.15. The highest BCUT2D eigenvalue weighted by atomic mass is 79.9. The highest BCUT2D eigenvalue weighted by molar-refractivity contribution is 9.10. The van der Waals surface area contributed by atoms with Crippen LogP contribution in [0.3, 0.4) is 0 Å². The normalized spacial score (nSPS) is 17.4. The number of hydrogen-bond acceptors (Lipinski definition) is 4. The maximum atomic E-state index is 12.5. The van der Waals surface area contributed by atoms with Gasteiger partial charge in [-0.3, -0.25) is 4.90 Å². The molecule has 1 aliphatic rings. The topological polar surface area (TPSA) is 49.4 Å². The van der Waals surface area contributed by atoms with Crippen molar-refractivity contribution >= 4 is 37.3 Å². The van der Waals surface area contributed by atoms with Crippen LogP contribution in [0.2, 0.25) is 0 Å². The fourth-order valence-corrected chi connectivity index (χ4v) is 4.87. The van der Waals surface area contributed by atoms with Crippen molar-refractivity contribution < 1.29 is 8.42 Å². The summed E-state index contributed by atoms with van der Waals surface area (Å²) in [7, 11) is -3.49. The first-order chi connectivity index (χ1) is 11.1. The Morgan fingerprint density at radius 1 is 1.17 bits per heavy atom. The Hall–Kier alpha value is -0.730. The highest BCUT2D eigenvalue weighted by Crippen LogP contribution is 2.26. The van der Waals surface area contributed by atoms with Crippen LogP contribution < -0.4 is 4.72 Å². The molecule has 7 heteroatoms. The zero-order chi connectivity index (χ0) is 16.3. The third-order valence-electron chi connectivity index (χ3n) is 4.10. The first-order valence-electron chi connectivity index (χ1n) is 7.58. The molecule has 1 N–H and O–H groups in total. The minimum Gasteiger partial charge on any atom is -0.295 e. The van der Waals surface area contributed by atoms with Crippen molar-refractivity contribution in [2.45, 2.75) is 23.8 Å². The number of nitrogens with one attached hydrogen (secondary N) is 1. The molecule has 1 aliphatic heterocycles. The molecule has 1 fully saturated rings. The maximum absolute atomic E-state index is 12.5. The number of benzene rings is 1. The van der Waals surface area contributed by atoms with Crippen LogP contribution in [0.1, 0.15) is 24.4 Å². The molecule has 0 aliphatic carbocycles. The number of rotatable bonds is 6. The van der Waals surface area contributed by atoms with Crippen LogP contribution in [0.5, 0.6) is 0 Å². The molecule has 1 aromatic heterocycles. The molecule has 1 unspecified atom stereocenters. The first-order valence-corrected chi connectivity index (χ1v) is 10.8. The molecule has 23 heavy (non-hydrogen) atoms. The first kappa shape index (κ1) is 17.1. The van der Waals surface area contributed by atoms with Crippen molar-refractivity contribution in [1.29, 1.82) is 0 Å². The number of nitrogens with zero attached hydrogens (tertiary/aromatic N) is 1. The summed E-state index contributed by atoms with van der Waals surface area (Å²) in [4.78, 5) is 2.66. The second-order valence-electron chi connectivity index (χ2n) is 5.62. The lowest BCUT2D eigenvalue weighted by Crippen LogP contribution is -2.36. The van der Waals surface area contributed by atoms with Gasteiger partial charge in [-0.15, -0.1) is 0 Å². The number of halogens is 1. The van der Waals surface area contributed by atoms with Gasteiger partial charge >= 0.3 is 0 Å². The van der Waals surface area contributed by atoms with Gasteiger partial charge in [-0.25, -0.2) is 13.1 Å². The maximum Gasteiger partial charge on any atom is 0.240 e. The molecule has 1 atom stereocenters. The number of likely N-dealkylation sites (tertiary alicyclic amines) is 1. The number of thiophene rings is 1. The van der Waals surface area contributed by atoms with Crippen molar-refractivity contribution in [1.82, 2.24) is 9.62 Å². The SMILES string of the molecule is O=S(=O)(NCC(c1ccsc1)N1CCCC1)c1ccc(Br)cc1. The Balaban J connectivity index is 1.74. The van der Waals surface area contributed by atoms with E-state index < -0.39 is 10.0 Å². The van der Waals surface area contributed by atoms with Crippen LogP contribution in [0.25, 0.3) is 0 Å². The Bertz CT molecular complexity index is 724. The van der Waals surface area contributed by atoms with E-state index in [1.807, 2.05) is 5.38 Å². The monoisotopic (exact) mass is 414 g/mol. The molecule has 2 aromatic rings. The van der Waals surface area contributed by atoms with E-state index >= 15 is 0 Å². The van der Waals surface area contributed by atoms with Gasteiger partial charge in [-0.2, -0.15) is 11.3 Å². The molecule has 3 rings (SSSR count). The quantitative estimate of drug-likeness (QED) is 0.784. The van der Waals surface area contributed by atoms with Gasteiger partial charge in [0.15, 0.2) is 0 Å². The van der Waals surface area contributed by atoms with Crippen LogP contribution in [-0.2, 0) is 10.0 Å². The summed E-state index contributed by atoms with van der Waals surface area (Å²) in [5.41, 5.74) is 1.19. The fraction of sp³-hybridized carbons (Fsp3) is 0.375. The third kappa shape index (κ3) is 4.22. The van der Waals surface area contributed by atoms with E-state index in [9.17, 15) is 8.42 Å². The van der Waals surface area contributed by atoms with E-state index in [-0.39, 0.29) is 6.04 Å². The van der Waals surface area contributed by atoms with Gasteiger partial charge in [0.05, 0.1) is 4.90 Å². The largest absolute Gasteiger partial charge is 0.295 e. The zero-order valence-corrected chi connectivity index (χ0v) is 15.8. The second kappa shape index (κ2) is 7.44. The Labute approximate surface area is 149 Å². The molecule has 0 bridgehead atoms. The van der Waals surface area contributed by atoms with Gasteiger partial charge in [0.2, 0.25) is 10.0 Å². The van der Waals surface area contributed by atoms with Gasteiger partial charge < -0.3 is 0 Å². The minimum atomic E-state index is -3.49. The average molecular weight is 415 g/mol. The van der Waals surface area contributed by atoms with Gasteiger partial charge in [0.1, 0.15) is 0 Å². The van der Waals surface area contributed by atoms with Crippen LogP contribution in [0.15, 0.2) is 50.5 Å². The molecule has 0 amide bonds. The van der Waals surface area contributed by atoms with E-state index in [1.165, 1.54) is 18.4 Å². The summed E-state index contributed by atoms with van der Waals surface area (Å²) in [6.45, 7) is 2.45. The standard InChI is InChI=1S/C16H19BrN2O2S2/c17-14-3-5-15(6-4-14)23(20,21)18-11-16(13-7-10-22-12-13)19-8-1-2-9-19/h3-7,10,12,16,18H,1-2,8-9,11H2. The van der Waals surface area contributed by atoms with Crippen molar-refractivity contribution in [3.63, 3.8) is 0 Å². The minimum absolute atomic E-state index is 0.106. The second-order valence-corrected chi connectivity index (χ2v) is 9.08. The smallest absolute Gasteiger partial charge is 0.240 e. The van der Waals surface area contributed by atoms with E-state index in [0.717, 1.165) is 17.6 Å². The summed E-state index contributed by atoms with van der Waals surface area (Å²) < 4.78 is 28.6.